The Morgan fingerprint density at radius 2 is 1.20 bits per heavy atom. The summed E-state index contributed by atoms with van der Waals surface area (Å²) in [6, 6.07) is 38.4. The molecule has 1 heterocycles. The molecule has 1 aromatic heterocycles. The molecule has 0 aliphatic heterocycles. The van der Waals surface area contributed by atoms with Crippen molar-refractivity contribution < 1.29 is 0 Å². The van der Waals surface area contributed by atoms with Gasteiger partial charge in [-0.3, -0.25) is 0 Å². The van der Waals surface area contributed by atoms with Crippen molar-refractivity contribution in [1.82, 2.24) is 0 Å². The maximum Gasteiger partial charge on any atom is 0.0533 e. The first-order valence-corrected chi connectivity index (χ1v) is 12.7. The van der Waals surface area contributed by atoms with Crippen LogP contribution < -0.4 is 4.90 Å². The number of para-hydroxylation sites is 3. The van der Waals surface area contributed by atoms with Crippen molar-refractivity contribution >= 4 is 52.7 Å². The van der Waals surface area contributed by atoms with Gasteiger partial charge in [0.25, 0.3) is 0 Å². The number of thiophene rings is 1. The lowest BCUT2D eigenvalue weighted by molar-refractivity contribution is 1.28. The van der Waals surface area contributed by atoms with E-state index < -0.39 is 0 Å². The molecule has 0 N–H and O–H groups in total. The van der Waals surface area contributed by atoms with Gasteiger partial charge in [-0.05, 0) is 81.9 Å². The van der Waals surface area contributed by atoms with Gasteiger partial charge in [0.1, 0.15) is 0 Å². The standard InChI is InChI=1S/C33H27NS/c1-26-24-27(16-19-29(26)20-18-28-22-23-35-25-28)17-21-30-10-8-9-15-33(30)34(31-11-4-2-5-12-31)32-13-6-3-7-14-32/h2-25H,1H3/b20-18+,21-17+. The highest BCUT2D eigenvalue weighted by atomic mass is 32.1. The lowest BCUT2D eigenvalue weighted by atomic mass is 10.0. The zero-order chi connectivity index (χ0) is 23.9. The van der Waals surface area contributed by atoms with E-state index in [2.05, 4.69) is 156 Å². The molecule has 0 saturated carbocycles. The molecule has 0 atom stereocenters. The molecular weight excluding hydrogens is 442 g/mol. The van der Waals surface area contributed by atoms with Crippen molar-refractivity contribution in [1.29, 1.82) is 0 Å². The average molecular weight is 470 g/mol. The highest BCUT2D eigenvalue weighted by molar-refractivity contribution is 7.08. The van der Waals surface area contributed by atoms with E-state index in [1.165, 1.54) is 27.8 Å². The first-order valence-electron chi connectivity index (χ1n) is 11.8. The van der Waals surface area contributed by atoms with Crippen molar-refractivity contribution in [2.24, 2.45) is 0 Å². The molecule has 5 rings (SSSR count). The summed E-state index contributed by atoms with van der Waals surface area (Å²) in [5, 5.41) is 4.27. The zero-order valence-electron chi connectivity index (χ0n) is 19.7. The number of hydrogen-bond acceptors (Lipinski definition) is 2. The fraction of sp³-hybridized carbons (Fsp3) is 0.0303. The van der Waals surface area contributed by atoms with Crippen LogP contribution in [0.15, 0.2) is 120 Å². The summed E-state index contributed by atoms with van der Waals surface area (Å²) in [6.07, 6.45) is 8.78. The van der Waals surface area contributed by atoms with Gasteiger partial charge in [0.2, 0.25) is 0 Å². The molecular formula is C33H27NS. The van der Waals surface area contributed by atoms with Crippen LogP contribution in [0.5, 0.6) is 0 Å². The van der Waals surface area contributed by atoms with E-state index in [-0.39, 0.29) is 0 Å². The highest BCUT2D eigenvalue weighted by Gasteiger charge is 2.14. The third kappa shape index (κ3) is 5.51. The largest absolute Gasteiger partial charge is 0.310 e. The Hall–Kier alpha value is -4.14. The van der Waals surface area contributed by atoms with Crippen molar-refractivity contribution in [3.63, 3.8) is 0 Å². The molecule has 2 heteroatoms. The number of benzene rings is 4. The second-order valence-corrected chi connectivity index (χ2v) is 9.18. The second-order valence-electron chi connectivity index (χ2n) is 8.40. The van der Waals surface area contributed by atoms with Crippen LogP contribution in [-0.4, -0.2) is 0 Å². The van der Waals surface area contributed by atoms with Crippen LogP contribution in [0.3, 0.4) is 0 Å². The smallest absolute Gasteiger partial charge is 0.0533 e. The van der Waals surface area contributed by atoms with Gasteiger partial charge in [-0.15, -0.1) is 0 Å². The van der Waals surface area contributed by atoms with Crippen molar-refractivity contribution in [2.45, 2.75) is 6.92 Å². The minimum Gasteiger partial charge on any atom is -0.310 e. The van der Waals surface area contributed by atoms with E-state index in [4.69, 9.17) is 0 Å². The second kappa shape index (κ2) is 10.9. The predicted molar refractivity (Wildman–Crippen MR) is 154 cm³/mol. The molecule has 0 radical (unpaired) electrons. The van der Waals surface area contributed by atoms with Gasteiger partial charge in [-0.2, -0.15) is 11.3 Å². The molecule has 35 heavy (non-hydrogen) atoms. The predicted octanol–water partition coefficient (Wildman–Crippen LogP) is 9.87. The normalized spacial score (nSPS) is 11.3. The summed E-state index contributed by atoms with van der Waals surface area (Å²) >= 11 is 1.72. The van der Waals surface area contributed by atoms with E-state index in [0.717, 1.165) is 17.1 Å². The van der Waals surface area contributed by atoms with Gasteiger partial charge >= 0.3 is 0 Å². The van der Waals surface area contributed by atoms with E-state index in [1.807, 2.05) is 0 Å². The fourth-order valence-corrected chi connectivity index (χ4v) is 4.77. The van der Waals surface area contributed by atoms with Crippen molar-refractivity contribution in [2.75, 3.05) is 4.90 Å². The minimum absolute atomic E-state index is 1.14. The molecule has 0 bridgehead atoms. The summed E-state index contributed by atoms with van der Waals surface area (Å²) in [5.41, 5.74) is 9.53. The van der Waals surface area contributed by atoms with Crippen molar-refractivity contribution in [3.05, 3.63) is 148 Å². The van der Waals surface area contributed by atoms with Crippen LogP contribution in [0.4, 0.5) is 17.1 Å². The Morgan fingerprint density at radius 1 is 0.571 bits per heavy atom. The van der Waals surface area contributed by atoms with Crippen LogP contribution in [0.2, 0.25) is 0 Å². The molecule has 0 spiro atoms. The summed E-state index contributed by atoms with van der Waals surface area (Å²) in [7, 11) is 0. The van der Waals surface area contributed by atoms with E-state index in [1.54, 1.807) is 11.3 Å². The third-order valence-corrected chi connectivity index (χ3v) is 6.66. The van der Waals surface area contributed by atoms with Gasteiger partial charge in [0.05, 0.1) is 5.69 Å². The Labute approximate surface area is 212 Å². The Kier molecular flexibility index (Phi) is 7.02. The topological polar surface area (TPSA) is 3.24 Å². The summed E-state index contributed by atoms with van der Waals surface area (Å²) in [4.78, 5) is 2.31. The molecule has 5 aromatic rings. The molecule has 0 saturated heterocycles. The van der Waals surface area contributed by atoms with Crippen LogP contribution in [0, 0.1) is 6.92 Å². The van der Waals surface area contributed by atoms with Gasteiger partial charge < -0.3 is 4.90 Å². The third-order valence-electron chi connectivity index (χ3n) is 5.95. The first kappa shape index (κ1) is 22.6. The molecule has 0 unspecified atom stereocenters. The van der Waals surface area contributed by atoms with Crippen molar-refractivity contribution in [3.8, 4) is 0 Å². The number of anilines is 3. The lowest BCUT2D eigenvalue weighted by Crippen LogP contribution is -2.10. The highest BCUT2D eigenvalue weighted by Crippen LogP contribution is 2.36. The van der Waals surface area contributed by atoms with Crippen LogP contribution in [0.25, 0.3) is 24.3 Å². The average Bonchev–Trinajstić information content (AvgIpc) is 3.43. The van der Waals surface area contributed by atoms with Gasteiger partial charge in [0.15, 0.2) is 0 Å². The molecule has 0 aliphatic carbocycles. The quantitative estimate of drug-likeness (QED) is 0.214. The maximum atomic E-state index is 2.31. The molecule has 1 nitrogen and oxygen atoms in total. The molecule has 0 fully saturated rings. The van der Waals surface area contributed by atoms with E-state index in [0.29, 0.717) is 0 Å². The molecule has 0 aliphatic rings. The number of aryl methyl sites for hydroxylation is 1. The summed E-state index contributed by atoms with van der Waals surface area (Å²) < 4.78 is 0. The Balaban J connectivity index is 1.46. The monoisotopic (exact) mass is 469 g/mol. The molecule has 4 aromatic carbocycles. The van der Waals surface area contributed by atoms with E-state index >= 15 is 0 Å². The summed E-state index contributed by atoms with van der Waals surface area (Å²) in [5.74, 6) is 0. The number of rotatable bonds is 7. The first-order chi connectivity index (χ1) is 17.3. The van der Waals surface area contributed by atoms with Gasteiger partial charge in [-0.25, -0.2) is 0 Å². The fourth-order valence-electron chi connectivity index (χ4n) is 4.14. The van der Waals surface area contributed by atoms with Gasteiger partial charge in [0, 0.05) is 11.4 Å². The van der Waals surface area contributed by atoms with Crippen LogP contribution in [0.1, 0.15) is 27.8 Å². The Morgan fingerprint density at radius 3 is 1.86 bits per heavy atom. The molecule has 0 amide bonds. The number of hydrogen-bond donors (Lipinski definition) is 0. The van der Waals surface area contributed by atoms with Crippen LogP contribution in [-0.2, 0) is 0 Å². The summed E-state index contributed by atoms with van der Waals surface area (Å²) in [6.45, 7) is 2.17. The van der Waals surface area contributed by atoms with Crippen LogP contribution >= 0.6 is 11.3 Å². The minimum atomic E-state index is 1.14. The number of nitrogens with zero attached hydrogens (tertiary/aromatic N) is 1. The van der Waals surface area contributed by atoms with Gasteiger partial charge in [-0.1, -0.05) is 97.1 Å². The van der Waals surface area contributed by atoms with E-state index in [9.17, 15) is 0 Å². The maximum absolute atomic E-state index is 2.31. The molecule has 170 valence electrons. The lowest BCUT2D eigenvalue weighted by Gasteiger charge is -2.27. The Bertz CT molecular complexity index is 1390. The SMILES string of the molecule is Cc1cc(/C=C/c2ccccc2N(c2ccccc2)c2ccccc2)ccc1/C=C/c1ccsc1. The zero-order valence-corrected chi connectivity index (χ0v) is 20.5.